The van der Waals surface area contributed by atoms with Crippen LogP contribution in [0.4, 0.5) is 0 Å². The highest BCUT2D eigenvalue weighted by Crippen LogP contribution is 2.15. The average Bonchev–Trinajstić information content (AvgIpc) is 2.46. The molecule has 0 aliphatic rings. The Balaban J connectivity index is -0.000000102. The van der Waals surface area contributed by atoms with Crippen LogP contribution in [0.1, 0.15) is 55.4 Å². The molecule has 0 unspecified atom stereocenters. The molecular formula is C16H34Cl2N8. The van der Waals surface area contributed by atoms with Crippen LogP contribution >= 0.6 is 24.8 Å². The Morgan fingerprint density at radius 1 is 0.769 bits per heavy atom. The second kappa shape index (κ2) is 16.6. The van der Waals surface area contributed by atoms with E-state index in [1.807, 2.05) is 39.8 Å². The molecule has 10 heteroatoms. The minimum atomic E-state index is -0.841. The van der Waals surface area contributed by atoms with Crippen LogP contribution in [-0.4, -0.2) is 22.7 Å². The van der Waals surface area contributed by atoms with Crippen molar-refractivity contribution in [2.24, 2.45) is 33.5 Å². The number of rotatable bonds is 4. The molecule has 0 radical (unpaired) electrons. The Morgan fingerprint density at radius 2 is 0.923 bits per heavy atom. The second-order valence-corrected chi connectivity index (χ2v) is 6.71. The fraction of sp³-hybridized carbons (Fsp3) is 0.750. The van der Waals surface area contributed by atoms with Crippen LogP contribution in [0.5, 0.6) is 0 Å². The summed E-state index contributed by atoms with van der Waals surface area (Å²) in [6.45, 7) is 14.1. The SMILES string of the molecule is CC(C)(N=NC(C)(C)C(=N)N)C(=N)N.CC(C)C#N.CC(C)C#N.Cl.Cl. The van der Waals surface area contributed by atoms with Crippen molar-refractivity contribution < 1.29 is 0 Å². The average molecular weight is 409 g/mol. The van der Waals surface area contributed by atoms with E-state index in [9.17, 15) is 0 Å². The van der Waals surface area contributed by atoms with Crippen LogP contribution in [0.3, 0.4) is 0 Å². The van der Waals surface area contributed by atoms with Crippen LogP contribution in [-0.2, 0) is 0 Å². The lowest BCUT2D eigenvalue weighted by molar-refractivity contribution is 0.557. The molecule has 0 heterocycles. The molecule has 26 heavy (non-hydrogen) atoms. The Labute approximate surface area is 170 Å². The summed E-state index contributed by atoms with van der Waals surface area (Å²) in [6.07, 6.45) is 0. The lowest BCUT2D eigenvalue weighted by Gasteiger charge is -2.20. The van der Waals surface area contributed by atoms with Crippen molar-refractivity contribution in [3.63, 3.8) is 0 Å². The minimum Gasteiger partial charge on any atom is -0.386 e. The van der Waals surface area contributed by atoms with Gasteiger partial charge in [-0.25, -0.2) is 0 Å². The molecule has 0 aromatic rings. The van der Waals surface area contributed by atoms with Crippen molar-refractivity contribution >= 4 is 36.5 Å². The summed E-state index contributed by atoms with van der Waals surface area (Å²) in [6, 6.07) is 4.06. The maximum Gasteiger partial charge on any atom is 0.132 e. The predicted molar refractivity (Wildman–Crippen MR) is 112 cm³/mol. The van der Waals surface area contributed by atoms with E-state index in [4.69, 9.17) is 32.8 Å². The van der Waals surface area contributed by atoms with E-state index in [0.29, 0.717) is 0 Å². The standard InChI is InChI=1S/C8H18N6.2C4H7N.2ClH/c1-7(2,5(9)10)13-14-8(3,4)6(11)12;2*1-4(2)3-5;;/h1-4H3,(H3,9,10)(H3,11,12);2*4H,1-2H3;2*1H. The van der Waals surface area contributed by atoms with Crippen LogP contribution in [0.2, 0.25) is 0 Å². The quantitative estimate of drug-likeness (QED) is 0.312. The predicted octanol–water partition coefficient (Wildman–Crippen LogP) is 4.04. The van der Waals surface area contributed by atoms with Crippen molar-refractivity contribution in [3.05, 3.63) is 0 Å². The summed E-state index contributed by atoms with van der Waals surface area (Å²) >= 11 is 0. The molecule has 0 saturated carbocycles. The van der Waals surface area contributed by atoms with E-state index in [2.05, 4.69) is 10.2 Å². The van der Waals surface area contributed by atoms with E-state index in [1.165, 1.54) is 0 Å². The Kier molecular flexibility index (Phi) is 22.5. The summed E-state index contributed by atoms with van der Waals surface area (Å²) in [5, 5.41) is 38.1. The van der Waals surface area contributed by atoms with E-state index in [0.717, 1.165) is 0 Å². The van der Waals surface area contributed by atoms with Crippen molar-refractivity contribution in [2.75, 3.05) is 0 Å². The second-order valence-electron chi connectivity index (χ2n) is 6.71. The zero-order valence-electron chi connectivity index (χ0n) is 16.9. The Bertz CT molecular complexity index is 465. The maximum atomic E-state index is 7.89. The number of nitrogens with one attached hydrogen (secondary N) is 2. The number of halogens is 2. The van der Waals surface area contributed by atoms with Crippen LogP contribution in [0.15, 0.2) is 10.2 Å². The van der Waals surface area contributed by atoms with Gasteiger partial charge in [0.15, 0.2) is 0 Å². The highest BCUT2D eigenvalue weighted by molar-refractivity contribution is 5.87. The molecule has 8 nitrogen and oxygen atoms in total. The first kappa shape index (κ1) is 35.3. The van der Waals surface area contributed by atoms with Gasteiger partial charge < -0.3 is 11.5 Å². The molecule has 6 N–H and O–H groups in total. The fourth-order valence-electron chi connectivity index (χ4n) is 0.358. The highest BCUT2D eigenvalue weighted by Gasteiger charge is 2.25. The van der Waals surface area contributed by atoms with Gasteiger partial charge in [0.25, 0.3) is 0 Å². The normalized spacial score (nSPS) is 10.0. The van der Waals surface area contributed by atoms with Gasteiger partial charge in [-0.05, 0) is 55.4 Å². The lowest BCUT2D eigenvalue weighted by atomic mass is 10.1. The smallest absolute Gasteiger partial charge is 0.132 e. The van der Waals surface area contributed by atoms with Crippen molar-refractivity contribution in [3.8, 4) is 12.1 Å². The van der Waals surface area contributed by atoms with Gasteiger partial charge in [0.2, 0.25) is 0 Å². The van der Waals surface area contributed by atoms with E-state index >= 15 is 0 Å². The summed E-state index contributed by atoms with van der Waals surface area (Å²) < 4.78 is 0. The van der Waals surface area contributed by atoms with Gasteiger partial charge >= 0.3 is 0 Å². The molecule has 0 spiro atoms. The van der Waals surface area contributed by atoms with Crippen molar-refractivity contribution in [2.45, 2.75) is 66.5 Å². The van der Waals surface area contributed by atoms with Crippen molar-refractivity contribution in [1.82, 2.24) is 0 Å². The maximum absolute atomic E-state index is 7.89. The third-order valence-electron chi connectivity index (χ3n) is 2.38. The molecule has 0 aromatic carbocycles. The molecule has 152 valence electrons. The van der Waals surface area contributed by atoms with E-state index < -0.39 is 11.1 Å². The third-order valence-corrected chi connectivity index (χ3v) is 2.38. The zero-order valence-corrected chi connectivity index (χ0v) is 18.5. The zero-order chi connectivity index (χ0) is 20.1. The number of hydrogen-bond acceptors (Lipinski definition) is 6. The first-order valence-electron chi connectivity index (χ1n) is 7.56. The number of nitrogens with two attached hydrogens (primary N) is 2. The molecule has 0 bridgehead atoms. The first-order valence-corrected chi connectivity index (χ1v) is 7.56. The number of nitriles is 2. The molecule has 0 aliphatic carbocycles. The van der Waals surface area contributed by atoms with Gasteiger partial charge in [0.05, 0.1) is 12.1 Å². The first-order chi connectivity index (χ1) is 10.6. The van der Waals surface area contributed by atoms with Crippen LogP contribution in [0, 0.1) is 45.3 Å². The summed E-state index contributed by atoms with van der Waals surface area (Å²) in [5.41, 5.74) is 8.96. The number of nitrogens with zero attached hydrogens (tertiary/aromatic N) is 4. The number of hydrogen-bond donors (Lipinski definition) is 4. The third kappa shape index (κ3) is 22.1. The molecule has 0 saturated heterocycles. The lowest BCUT2D eigenvalue weighted by Crippen LogP contribution is -2.38. The van der Waals surface area contributed by atoms with Gasteiger partial charge in [-0.15, -0.1) is 24.8 Å². The monoisotopic (exact) mass is 408 g/mol. The molecule has 0 aliphatic heterocycles. The minimum absolute atomic E-state index is 0. The Morgan fingerprint density at radius 3 is 1.00 bits per heavy atom. The topological polar surface area (TPSA) is 172 Å². The van der Waals surface area contributed by atoms with Gasteiger partial charge in [-0.3, -0.25) is 10.8 Å². The van der Waals surface area contributed by atoms with E-state index in [1.54, 1.807) is 27.7 Å². The highest BCUT2D eigenvalue weighted by atomic mass is 35.5. The summed E-state index contributed by atoms with van der Waals surface area (Å²) in [5.74, 6) is 0.242. The fourth-order valence-corrected chi connectivity index (χ4v) is 0.358. The van der Waals surface area contributed by atoms with Gasteiger partial charge in [0.1, 0.15) is 22.7 Å². The largest absolute Gasteiger partial charge is 0.386 e. The molecule has 0 fully saturated rings. The molecule has 0 amide bonds. The van der Waals surface area contributed by atoms with Crippen LogP contribution < -0.4 is 11.5 Å². The Hall–Kier alpha value is -1.90. The van der Waals surface area contributed by atoms with Gasteiger partial charge in [-0.1, -0.05) is 0 Å². The molecule has 0 rings (SSSR count). The molecular weight excluding hydrogens is 375 g/mol. The van der Waals surface area contributed by atoms with Crippen molar-refractivity contribution in [1.29, 1.82) is 21.3 Å². The van der Waals surface area contributed by atoms with Gasteiger partial charge in [-0.2, -0.15) is 20.8 Å². The number of azo groups is 1. The van der Waals surface area contributed by atoms with E-state index in [-0.39, 0.29) is 48.3 Å². The number of amidine groups is 2. The summed E-state index contributed by atoms with van der Waals surface area (Å²) in [4.78, 5) is 0. The van der Waals surface area contributed by atoms with Crippen LogP contribution in [0.25, 0.3) is 0 Å². The van der Waals surface area contributed by atoms with Gasteiger partial charge in [0, 0.05) is 11.8 Å². The summed E-state index contributed by atoms with van der Waals surface area (Å²) in [7, 11) is 0. The molecule has 0 atom stereocenters. The molecule has 0 aromatic heterocycles.